The van der Waals surface area contributed by atoms with Gasteiger partial charge in [0.05, 0.1) is 16.7 Å². The van der Waals surface area contributed by atoms with Crippen molar-refractivity contribution in [2.45, 2.75) is 11.6 Å². The van der Waals surface area contributed by atoms with Gasteiger partial charge in [-0.05, 0) is 29.3 Å². The number of rotatable bonds is 4. The third-order valence-electron chi connectivity index (χ3n) is 4.36. The summed E-state index contributed by atoms with van der Waals surface area (Å²) in [6, 6.07) is 19.9. The Hall–Kier alpha value is -2.66. The molecule has 1 unspecified atom stereocenters. The highest BCUT2D eigenvalue weighted by Gasteiger charge is 2.38. The summed E-state index contributed by atoms with van der Waals surface area (Å²) >= 11 is 0. The van der Waals surface area contributed by atoms with Crippen LogP contribution in [0.4, 0.5) is 13.2 Å². The van der Waals surface area contributed by atoms with Gasteiger partial charge in [0.15, 0.2) is 0 Å². The van der Waals surface area contributed by atoms with Crippen LogP contribution >= 0.6 is 0 Å². The third kappa shape index (κ3) is 3.15. The fourth-order valence-electron chi connectivity index (χ4n) is 3.10. The molecule has 0 aliphatic heterocycles. The highest BCUT2D eigenvalue weighted by molar-refractivity contribution is 5.49. The molecule has 1 atom stereocenters. The second-order valence-electron chi connectivity index (χ2n) is 5.77. The number of halogens is 3. The number of hydrogen-bond donors (Lipinski definition) is 1. The average molecular weight is 342 g/mol. The molecule has 3 aromatic rings. The number of benzene rings is 2. The van der Waals surface area contributed by atoms with Gasteiger partial charge < -0.3 is 5.73 Å². The quantitative estimate of drug-likeness (QED) is 0.763. The zero-order valence-corrected chi connectivity index (χ0v) is 13.4. The number of pyridine rings is 1. The van der Waals surface area contributed by atoms with E-state index in [-0.39, 0.29) is 6.54 Å². The van der Waals surface area contributed by atoms with Gasteiger partial charge in [0.2, 0.25) is 0 Å². The molecule has 0 amide bonds. The first-order chi connectivity index (χ1) is 12.0. The molecule has 0 radical (unpaired) electrons. The average Bonchev–Trinajstić information content (AvgIpc) is 2.64. The molecule has 128 valence electrons. The Morgan fingerprint density at radius 2 is 1.40 bits per heavy atom. The molecule has 0 saturated heterocycles. The summed E-state index contributed by atoms with van der Waals surface area (Å²) in [6.45, 7) is 0.0926. The van der Waals surface area contributed by atoms with Gasteiger partial charge in [-0.2, -0.15) is 13.2 Å². The highest BCUT2D eigenvalue weighted by Crippen LogP contribution is 2.39. The number of alkyl halides is 3. The van der Waals surface area contributed by atoms with E-state index in [1.54, 1.807) is 24.4 Å². The van der Waals surface area contributed by atoms with Gasteiger partial charge in [0.1, 0.15) is 0 Å². The zero-order chi connectivity index (χ0) is 17.9. The van der Waals surface area contributed by atoms with Crippen molar-refractivity contribution in [2.24, 2.45) is 5.73 Å². The fraction of sp³-hybridized carbons (Fsp3) is 0.150. The molecule has 0 saturated carbocycles. The van der Waals surface area contributed by atoms with Gasteiger partial charge in [0, 0.05) is 12.7 Å². The second kappa shape index (κ2) is 6.69. The highest BCUT2D eigenvalue weighted by atomic mass is 19.4. The molecule has 3 rings (SSSR count). The summed E-state index contributed by atoms with van der Waals surface area (Å²) in [4.78, 5) is 4.41. The molecule has 0 fully saturated rings. The van der Waals surface area contributed by atoms with Crippen LogP contribution in [0.1, 0.15) is 22.4 Å². The van der Waals surface area contributed by atoms with Gasteiger partial charge in [-0.15, -0.1) is 0 Å². The lowest BCUT2D eigenvalue weighted by molar-refractivity contribution is -0.137. The van der Waals surface area contributed by atoms with Crippen LogP contribution in [0.5, 0.6) is 0 Å². The van der Waals surface area contributed by atoms with Crippen molar-refractivity contribution < 1.29 is 13.2 Å². The van der Waals surface area contributed by atoms with Crippen LogP contribution in [-0.2, 0) is 11.6 Å². The minimum atomic E-state index is -4.42. The van der Waals surface area contributed by atoms with Gasteiger partial charge >= 0.3 is 6.18 Å². The van der Waals surface area contributed by atoms with E-state index in [4.69, 9.17) is 5.73 Å². The Bertz CT molecular complexity index is 791. The van der Waals surface area contributed by atoms with Crippen molar-refractivity contribution in [3.63, 3.8) is 0 Å². The first-order valence-corrected chi connectivity index (χ1v) is 7.83. The number of nitrogens with two attached hydrogens (primary N) is 1. The minimum absolute atomic E-state index is 0.0926. The zero-order valence-electron chi connectivity index (χ0n) is 13.4. The van der Waals surface area contributed by atoms with Gasteiger partial charge in [0.25, 0.3) is 0 Å². The largest absolute Gasteiger partial charge is 0.416 e. The van der Waals surface area contributed by atoms with Gasteiger partial charge in [-0.3, -0.25) is 4.98 Å². The Morgan fingerprint density at radius 3 is 2.00 bits per heavy atom. The Kier molecular flexibility index (Phi) is 4.59. The van der Waals surface area contributed by atoms with Gasteiger partial charge in [-0.1, -0.05) is 54.6 Å². The first-order valence-electron chi connectivity index (χ1n) is 7.83. The van der Waals surface area contributed by atoms with E-state index < -0.39 is 17.2 Å². The van der Waals surface area contributed by atoms with Crippen LogP contribution in [0.25, 0.3) is 0 Å². The number of aromatic nitrogens is 1. The predicted octanol–water partition coefficient (Wildman–Crippen LogP) is 4.39. The fourth-order valence-corrected chi connectivity index (χ4v) is 3.10. The topological polar surface area (TPSA) is 38.9 Å². The van der Waals surface area contributed by atoms with E-state index in [1.165, 1.54) is 6.07 Å². The maximum atomic E-state index is 13.2. The van der Waals surface area contributed by atoms with E-state index in [2.05, 4.69) is 4.98 Å². The summed E-state index contributed by atoms with van der Waals surface area (Å²) < 4.78 is 39.7. The van der Waals surface area contributed by atoms with Crippen molar-refractivity contribution in [3.05, 3.63) is 101 Å². The second-order valence-corrected chi connectivity index (χ2v) is 5.77. The molecule has 2 nitrogen and oxygen atoms in total. The molecule has 0 aliphatic carbocycles. The summed E-state index contributed by atoms with van der Waals surface area (Å²) in [5.41, 5.74) is 6.37. The van der Waals surface area contributed by atoms with Crippen molar-refractivity contribution in [1.29, 1.82) is 0 Å². The van der Waals surface area contributed by atoms with E-state index in [0.717, 1.165) is 17.7 Å². The van der Waals surface area contributed by atoms with Crippen LogP contribution < -0.4 is 5.73 Å². The molecule has 5 heteroatoms. The molecular formula is C20H17F3N2. The molecule has 2 aromatic carbocycles. The molecule has 1 aromatic heterocycles. The lowest BCUT2D eigenvalue weighted by Gasteiger charge is -2.34. The summed E-state index contributed by atoms with van der Waals surface area (Å²) in [6.07, 6.45) is -2.80. The summed E-state index contributed by atoms with van der Waals surface area (Å²) in [5.74, 6) is 0. The van der Waals surface area contributed by atoms with Gasteiger partial charge in [-0.25, -0.2) is 0 Å². The van der Waals surface area contributed by atoms with E-state index in [0.29, 0.717) is 11.3 Å². The maximum Gasteiger partial charge on any atom is 0.416 e. The predicted molar refractivity (Wildman–Crippen MR) is 91.1 cm³/mol. The Labute approximate surface area is 144 Å². The van der Waals surface area contributed by atoms with E-state index >= 15 is 0 Å². The van der Waals surface area contributed by atoms with Crippen LogP contribution in [0, 0.1) is 0 Å². The molecule has 2 N–H and O–H groups in total. The lowest BCUT2D eigenvalue weighted by atomic mass is 9.71. The summed E-state index contributed by atoms with van der Waals surface area (Å²) in [5, 5.41) is 0. The minimum Gasteiger partial charge on any atom is -0.329 e. The molecule has 0 aliphatic rings. The molecular weight excluding hydrogens is 325 g/mol. The van der Waals surface area contributed by atoms with Crippen LogP contribution in [-0.4, -0.2) is 11.5 Å². The number of nitrogens with zero attached hydrogens (tertiary/aromatic N) is 1. The van der Waals surface area contributed by atoms with Crippen molar-refractivity contribution in [2.75, 3.05) is 6.54 Å². The standard InChI is InChI=1S/C20H17F3N2/c21-20(22,23)17-10-6-9-16(13-17)19(14-24,15-7-2-1-3-8-15)18-11-4-5-12-25-18/h1-13H,14,24H2. The van der Waals surface area contributed by atoms with E-state index in [9.17, 15) is 13.2 Å². The molecule has 1 heterocycles. The monoisotopic (exact) mass is 342 g/mol. The van der Waals surface area contributed by atoms with Crippen molar-refractivity contribution in [3.8, 4) is 0 Å². The van der Waals surface area contributed by atoms with Crippen LogP contribution in [0.3, 0.4) is 0 Å². The van der Waals surface area contributed by atoms with Crippen LogP contribution in [0.15, 0.2) is 79.0 Å². The molecule has 25 heavy (non-hydrogen) atoms. The normalized spacial score (nSPS) is 14.1. The maximum absolute atomic E-state index is 13.2. The Morgan fingerprint density at radius 1 is 0.760 bits per heavy atom. The van der Waals surface area contributed by atoms with Crippen molar-refractivity contribution >= 4 is 0 Å². The first kappa shape index (κ1) is 17.2. The SMILES string of the molecule is NCC(c1ccccc1)(c1cccc(C(F)(F)F)c1)c1ccccn1. The molecule has 0 bridgehead atoms. The van der Waals surface area contributed by atoms with Crippen molar-refractivity contribution in [1.82, 2.24) is 4.98 Å². The van der Waals surface area contributed by atoms with Crippen LogP contribution in [0.2, 0.25) is 0 Å². The number of hydrogen-bond acceptors (Lipinski definition) is 2. The summed E-state index contributed by atoms with van der Waals surface area (Å²) in [7, 11) is 0. The Balaban J connectivity index is 2.29. The smallest absolute Gasteiger partial charge is 0.329 e. The van der Waals surface area contributed by atoms with E-state index in [1.807, 2.05) is 36.4 Å². The lowest BCUT2D eigenvalue weighted by Crippen LogP contribution is -2.38. The third-order valence-corrected chi connectivity index (χ3v) is 4.36. The molecule has 0 spiro atoms.